The van der Waals surface area contributed by atoms with Crippen LogP contribution in [0.4, 0.5) is 0 Å². The molecule has 0 aliphatic heterocycles. The standard InChI is InChI=1S/C13H26O4/c14-10-6-2-1-5-9-13(16)17-12-8-4-3-7-11-15/h14-15H,1-12H2. The number of carbonyl (C=O) groups excluding carboxylic acids is 1. The van der Waals surface area contributed by atoms with E-state index in [0.717, 1.165) is 51.4 Å². The van der Waals surface area contributed by atoms with Crippen LogP contribution in [-0.2, 0) is 9.53 Å². The molecule has 0 radical (unpaired) electrons. The summed E-state index contributed by atoms with van der Waals surface area (Å²) in [7, 11) is 0. The molecule has 0 spiro atoms. The van der Waals surface area contributed by atoms with E-state index in [1.54, 1.807) is 0 Å². The van der Waals surface area contributed by atoms with Gasteiger partial charge in [-0.1, -0.05) is 19.3 Å². The Morgan fingerprint density at radius 2 is 1.29 bits per heavy atom. The van der Waals surface area contributed by atoms with E-state index < -0.39 is 0 Å². The molecule has 0 amide bonds. The smallest absolute Gasteiger partial charge is 0.305 e. The maximum atomic E-state index is 11.3. The van der Waals surface area contributed by atoms with Crippen molar-refractivity contribution >= 4 is 5.97 Å². The first kappa shape index (κ1) is 16.4. The molecule has 0 aromatic rings. The van der Waals surface area contributed by atoms with Gasteiger partial charge in [-0.3, -0.25) is 4.79 Å². The molecule has 0 aromatic carbocycles. The number of hydrogen-bond acceptors (Lipinski definition) is 4. The molecule has 0 fully saturated rings. The number of esters is 1. The summed E-state index contributed by atoms with van der Waals surface area (Å²) in [6.45, 7) is 0.979. The SMILES string of the molecule is O=C(CCCCCCO)OCCCCCCO. The molecule has 4 nitrogen and oxygen atoms in total. The minimum absolute atomic E-state index is 0.115. The Morgan fingerprint density at radius 1 is 0.765 bits per heavy atom. The largest absolute Gasteiger partial charge is 0.466 e. The van der Waals surface area contributed by atoms with E-state index >= 15 is 0 Å². The fourth-order valence-corrected chi connectivity index (χ4v) is 1.56. The number of rotatable bonds is 12. The van der Waals surface area contributed by atoms with Crippen molar-refractivity contribution in [1.29, 1.82) is 0 Å². The van der Waals surface area contributed by atoms with Gasteiger partial charge >= 0.3 is 5.97 Å². The number of aliphatic hydroxyl groups is 2. The van der Waals surface area contributed by atoms with E-state index in [0.29, 0.717) is 13.0 Å². The maximum absolute atomic E-state index is 11.3. The summed E-state index contributed by atoms with van der Waals surface area (Å²) in [5, 5.41) is 17.1. The summed E-state index contributed by atoms with van der Waals surface area (Å²) in [5.74, 6) is -0.115. The van der Waals surface area contributed by atoms with Gasteiger partial charge in [-0.25, -0.2) is 0 Å². The van der Waals surface area contributed by atoms with Crippen molar-refractivity contribution in [2.75, 3.05) is 19.8 Å². The lowest BCUT2D eigenvalue weighted by atomic mass is 10.1. The molecule has 4 heteroatoms. The molecule has 0 saturated carbocycles. The Bertz CT molecular complexity index is 171. The lowest BCUT2D eigenvalue weighted by molar-refractivity contribution is -0.143. The average molecular weight is 246 g/mol. The Labute approximate surface area is 104 Å². The first-order chi connectivity index (χ1) is 8.31. The lowest BCUT2D eigenvalue weighted by Gasteiger charge is -2.04. The van der Waals surface area contributed by atoms with Crippen molar-refractivity contribution in [2.24, 2.45) is 0 Å². The molecule has 0 aliphatic rings. The summed E-state index contributed by atoms with van der Waals surface area (Å²) in [6.07, 6.45) is 7.83. The van der Waals surface area contributed by atoms with E-state index in [-0.39, 0.29) is 19.2 Å². The number of hydrogen-bond donors (Lipinski definition) is 2. The van der Waals surface area contributed by atoms with Crippen molar-refractivity contribution in [3.05, 3.63) is 0 Å². The van der Waals surface area contributed by atoms with Crippen LogP contribution in [0.1, 0.15) is 57.8 Å². The highest BCUT2D eigenvalue weighted by Crippen LogP contribution is 2.05. The normalized spacial score (nSPS) is 10.5. The molecule has 0 bridgehead atoms. The zero-order valence-corrected chi connectivity index (χ0v) is 10.7. The Hall–Kier alpha value is -0.610. The van der Waals surface area contributed by atoms with E-state index in [1.807, 2.05) is 0 Å². The third-order valence-electron chi connectivity index (χ3n) is 2.60. The minimum atomic E-state index is -0.115. The molecular weight excluding hydrogens is 220 g/mol. The van der Waals surface area contributed by atoms with Crippen LogP contribution in [0.3, 0.4) is 0 Å². The second kappa shape index (κ2) is 13.5. The second-order valence-corrected chi connectivity index (χ2v) is 4.25. The summed E-state index contributed by atoms with van der Waals surface area (Å²) in [6, 6.07) is 0. The third kappa shape index (κ3) is 13.3. The minimum Gasteiger partial charge on any atom is -0.466 e. The molecule has 2 N–H and O–H groups in total. The van der Waals surface area contributed by atoms with Crippen LogP contribution in [0.15, 0.2) is 0 Å². The molecule has 0 heterocycles. The highest BCUT2D eigenvalue weighted by Gasteiger charge is 2.01. The number of aliphatic hydroxyl groups excluding tert-OH is 2. The Kier molecular flexibility index (Phi) is 13.0. The van der Waals surface area contributed by atoms with Crippen LogP contribution >= 0.6 is 0 Å². The summed E-state index contributed by atoms with van der Waals surface area (Å²) >= 11 is 0. The molecule has 17 heavy (non-hydrogen) atoms. The Morgan fingerprint density at radius 3 is 1.88 bits per heavy atom. The first-order valence-corrected chi connectivity index (χ1v) is 6.68. The van der Waals surface area contributed by atoms with Crippen LogP contribution in [0.25, 0.3) is 0 Å². The van der Waals surface area contributed by atoms with Crippen LogP contribution in [0.2, 0.25) is 0 Å². The van der Waals surface area contributed by atoms with E-state index in [1.165, 1.54) is 0 Å². The summed E-state index contributed by atoms with van der Waals surface area (Å²) in [4.78, 5) is 11.3. The van der Waals surface area contributed by atoms with E-state index in [2.05, 4.69) is 0 Å². The van der Waals surface area contributed by atoms with Crippen LogP contribution in [0.5, 0.6) is 0 Å². The lowest BCUT2D eigenvalue weighted by Crippen LogP contribution is -2.05. The predicted molar refractivity (Wildman–Crippen MR) is 66.7 cm³/mol. The van der Waals surface area contributed by atoms with Crippen LogP contribution in [0, 0.1) is 0 Å². The number of ether oxygens (including phenoxy) is 1. The fourth-order valence-electron chi connectivity index (χ4n) is 1.56. The molecule has 0 aliphatic carbocycles. The molecular formula is C13H26O4. The van der Waals surface area contributed by atoms with Crippen molar-refractivity contribution in [3.8, 4) is 0 Å². The highest BCUT2D eigenvalue weighted by molar-refractivity contribution is 5.69. The van der Waals surface area contributed by atoms with Gasteiger partial charge in [-0.15, -0.1) is 0 Å². The van der Waals surface area contributed by atoms with Gasteiger partial charge in [-0.05, 0) is 32.1 Å². The summed E-state index contributed by atoms with van der Waals surface area (Å²) < 4.78 is 5.08. The third-order valence-corrected chi connectivity index (χ3v) is 2.60. The van der Waals surface area contributed by atoms with Gasteiger partial charge in [0.15, 0.2) is 0 Å². The average Bonchev–Trinajstić information content (AvgIpc) is 2.33. The van der Waals surface area contributed by atoms with E-state index in [4.69, 9.17) is 14.9 Å². The van der Waals surface area contributed by atoms with Gasteiger partial charge in [0, 0.05) is 19.6 Å². The monoisotopic (exact) mass is 246 g/mol. The number of carbonyl (C=O) groups is 1. The van der Waals surface area contributed by atoms with Gasteiger partial charge < -0.3 is 14.9 Å². The maximum Gasteiger partial charge on any atom is 0.305 e. The molecule has 0 saturated heterocycles. The Balaban J connectivity index is 3.12. The van der Waals surface area contributed by atoms with Crippen LogP contribution in [-0.4, -0.2) is 36.0 Å². The van der Waals surface area contributed by atoms with Crippen molar-refractivity contribution < 1.29 is 19.7 Å². The van der Waals surface area contributed by atoms with Gasteiger partial charge in [-0.2, -0.15) is 0 Å². The van der Waals surface area contributed by atoms with Crippen molar-refractivity contribution in [2.45, 2.75) is 57.8 Å². The van der Waals surface area contributed by atoms with E-state index in [9.17, 15) is 4.79 Å². The quantitative estimate of drug-likeness (QED) is 0.408. The zero-order chi connectivity index (χ0) is 12.8. The topological polar surface area (TPSA) is 66.8 Å². The van der Waals surface area contributed by atoms with Gasteiger partial charge in [0.25, 0.3) is 0 Å². The molecule has 102 valence electrons. The van der Waals surface area contributed by atoms with Crippen molar-refractivity contribution in [3.63, 3.8) is 0 Å². The highest BCUT2D eigenvalue weighted by atomic mass is 16.5. The zero-order valence-electron chi connectivity index (χ0n) is 10.7. The van der Waals surface area contributed by atoms with Crippen molar-refractivity contribution in [1.82, 2.24) is 0 Å². The predicted octanol–water partition coefficient (Wildman–Crippen LogP) is 2.03. The van der Waals surface area contributed by atoms with Gasteiger partial charge in [0.2, 0.25) is 0 Å². The molecule has 0 atom stereocenters. The first-order valence-electron chi connectivity index (χ1n) is 6.68. The van der Waals surface area contributed by atoms with Gasteiger partial charge in [0.05, 0.1) is 6.61 Å². The second-order valence-electron chi connectivity index (χ2n) is 4.25. The molecule has 0 aromatic heterocycles. The van der Waals surface area contributed by atoms with Gasteiger partial charge in [0.1, 0.15) is 0 Å². The van der Waals surface area contributed by atoms with Crippen LogP contribution < -0.4 is 0 Å². The fraction of sp³-hybridized carbons (Fsp3) is 0.923. The molecule has 0 unspecified atom stereocenters. The molecule has 0 rings (SSSR count). The number of unbranched alkanes of at least 4 members (excludes halogenated alkanes) is 6. The summed E-state index contributed by atoms with van der Waals surface area (Å²) in [5.41, 5.74) is 0.